The van der Waals surface area contributed by atoms with E-state index in [0.717, 1.165) is 5.56 Å². The van der Waals surface area contributed by atoms with Gasteiger partial charge in [0.15, 0.2) is 17.3 Å². The van der Waals surface area contributed by atoms with Crippen molar-refractivity contribution < 1.29 is 15.0 Å². The molecule has 0 aliphatic heterocycles. The van der Waals surface area contributed by atoms with Crippen LogP contribution in [0.5, 0.6) is 11.5 Å². The predicted molar refractivity (Wildman–Crippen MR) is 83.6 cm³/mol. The summed E-state index contributed by atoms with van der Waals surface area (Å²) in [6.45, 7) is 0. The number of aromatic hydroxyl groups is 2. The Morgan fingerprint density at radius 2 is 1.90 bits per heavy atom. The maximum atomic E-state index is 11.8. The number of rotatable bonds is 5. The lowest BCUT2D eigenvalue weighted by atomic mass is 10.1. The van der Waals surface area contributed by atoms with Gasteiger partial charge in [-0.1, -0.05) is 35.9 Å². The van der Waals surface area contributed by atoms with Gasteiger partial charge in [0.25, 0.3) is 0 Å². The summed E-state index contributed by atoms with van der Waals surface area (Å²) in [6, 6.07) is 11.8. The van der Waals surface area contributed by atoms with Crippen LogP contribution in [0.3, 0.4) is 0 Å². The molecule has 2 rings (SSSR count). The van der Waals surface area contributed by atoms with Crippen molar-refractivity contribution in [1.82, 2.24) is 0 Å². The molecule has 0 saturated carbocycles. The molecular formula is C17H15ClO3. The van der Waals surface area contributed by atoms with Crippen molar-refractivity contribution in [2.45, 2.75) is 12.8 Å². The first kappa shape index (κ1) is 15.1. The average molecular weight is 303 g/mol. The van der Waals surface area contributed by atoms with Crippen LogP contribution in [-0.2, 0) is 11.2 Å². The fraction of sp³-hybridized carbons (Fsp3) is 0.118. The molecule has 3 nitrogen and oxygen atoms in total. The van der Waals surface area contributed by atoms with Crippen LogP contribution in [0.4, 0.5) is 0 Å². The zero-order chi connectivity index (χ0) is 15.2. The third-order valence-electron chi connectivity index (χ3n) is 3.01. The van der Waals surface area contributed by atoms with Gasteiger partial charge in [0, 0.05) is 11.4 Å². The maximum absolute atomic E-state index is 11.8. The Hall–Kier alpha value is -2.26. The second kappa shape index (κ2) is 6.95. The van der Waals surface area contributed by atoms with Gasteiger partial charge in [-0.15, -0.1) is 0 Å². The zero-order valence-corrected chi connectivity index (χ0v) is 12.0. The second-order valence-corrected chi connectivity index (χ2v) is 5.11. The Balaban J connectivity index is 1.92. The number of allylic oxidation sites excluding steroid dienone is 1. The number of carbonyl (C=O) groups is 1. The molecule has 4 heteroatoms. The Morgan fingerprint density at radius 3 is 2.62 bits per heavy atom. The molecule has 21 heavy (non-hydrogen) atoms. The topological polar surface area (TPSA) is 57.5 Å². The van der Waals surface area contributed by atoms with E-state index in [0.29, 0.717) is 23.4 Å². The van der Waals surface area contributed by atoms with Gasteiger partial charge in [-0.3, -0.25) is 4.79 Å². The van der Waals surface area contributed by atoms with Crippen LogP contribution in [0.25, 0.3) is 6.08 Å². The van der Waals surface area contributed by atoms with E-state index in [2.05, 4.69) is 0 Å². The lowest BCUT2D eigenvalue weighted by Gasteiger charge is -2.00. The van der Waals surface area contributed by atoms with E-state index in [1.807, 2.05) is 18.2 Å². The fourth-order valence-electron chi connectivity index (χ4n) is 1.88. The summed E-state index contributed by atoms with van der Waals surface area (Å²) in [5.74, 6) is -0.398. The van der Waals surface area contributed by atoms with Crippen LogP contribution in [0.1, 0.15) is 17.5 Å². The smallest absolute Gasteiger partial charge is 0.157 e. The van der Waals surface area contributed by atoms with E-state index in [9.17, 15) is 15.0 Å². The molecule has 0 radical (unpaired) electrons. The molecule has 0 aliphatic carbocycles. The van der Waals surface area contributed by atoms with E-state index < -0.39 is 0 Å². The highest BCUT2D eigenvalue weighted by molar-refractivity contribution is 6.30. The summed E-state index contributed by atoms with van der Waals surface area (Å²) in [5, 5.41) is 19.2. The summed E-state index contributed by atoms with van der Waals surface area (Å²) in [5.41, 5.74) is 1.67. The number of aryl methyl sites for hydroxylation is 1. The Morgan fingerprint density at radius 1 is 1.10 bits per heavy atom. The molecule has 0 aliphatic rings. The number of hydrogen-bond donors (Lipinski definition) is 2. The van der Waals surface area contributed by atoms with Crippen LogP contribution < -0.4 is 0 Å². The molecule has 0 heterocycles. The molecule has 2 aromatic rings. The van der Waals surface area contributed by atoms with Crippen molar-refractivity contribution in [3.8, 4) is 11.5 Å². The summed E-state index contributed by atoms with van der Waals surface area (Å²) in [6.07, 6.45) is 4.10. The van der Waals surface area contributed by atoms with Crippen molar-refractivity contribution in [3.63, 3.8) is 0 Å². The van der Waals surface area contributed by atoms with E-state index in [-0.39, 0.29) is 17.3 Å². The standard InChI is InChI=1S/C17H15ClO3/c18-14-3-1-2-12(10-14)4-7-15(19)8-5-13-6-9-16(20)17(21)11-13/h1-3,5-6,8-11,20-21H,4,7H2/b8-5+. The predicted octanol–water partition coefficient (Wildman–Crippen LogP) is 3.97. The highest BCUT2D eigenvalue weighted by Crippen LogP contribution is 2.25. The van der Waals surface area contributed by atoms with Crippen LogP contribution in [0, 0.1) is 0 Å². The molecule has 0 fully saturated rings. The minimum atomic E-state index is -0.205. The lowest BCUT2D eigenvalue weighted by Crippen LogP contribution is -1.95. The molecule has 0 amide bonds. The third-order valence-corrected chi connectivity index (χ3v) is 3.25. The van der Waals surface area contributed by atoms with Gasteiger partial charge in [0.1, 0.15) is 0 Å². The van der Waals surface area contributed by atoms with Crippen molar-refractivity contribution in [2.75, 3.05) is 0 Å². The summed E-state index contributed by atoms with van der Waals surface area (Å²) < 4.78 is 0. The highest BCUT2D eigenvalue weighted by atomic mass is 35.5. The average Bonchev–Trinajstić information content (AvgIpc) is 2.46. The number of phenolic OH excluding ortho intramolecular Hbond substituents is 2. The summed E-state index contributed by atoms with van der Waals surface area (Å²) in [4.78, 5) is 11.8. The van der Waals surface area contributed by atoms with Crippen LogP contribution >= 0.6 is 11.6 Å². The van der Waals surface area contributed by atoms with Gasteiger partial charge in [0.2, 0.25) is 0 Å². The first-order chi connectivity index (χ1) is 10.0. The fourth-order valence-corrected chi connectivity index (χ4v) is 2.09. The Labute approximate surface area is 128 Å². The summed E-state index contributed by atoms with van der Waals surface area (Å²) >= 11 is 5.89. The minimum absolute atomic E-state index is 0.0115. The first-order valence-electron chi connectivity index (χ1n) is 6.52. The maximum Gasteiger partial charge on any atom is 0.157 e. The van der Waals surface area contributed by atoms with Gasteiger partial charge >= 0.3 is 0 Å². The molecule has 2 N–H and O–H groups in total. The van der Waals surface area contributed by atoms with Crippen LogP contribution in [0.2, 0.25) is 5.02 Å². The number of carbonyl (C=O) groups excluding carboxylic acids is 1. The Bertz CT molecular complexity index is 677. The Kier molecular flexibility index (Phi) is 5.01. The third kappa shape index (κ3) is 4.65. The molecule has 0 atom stereocenters. The number of ketones is 1. The number of phenols is 2. The van der Waals surface area contributed by atoms with E-state index in [1.165, 1.54) is 18.2 Å². The van der Waals surface area contributed by atoms with Gasteiger partial charge in [0.05, 0.1) is 0 Å². The van der Waals surface area contributed by atoms with Crippen molar-refractivity contribution in [3.05, 3.63) is 64.7 Å². The normalized spacial score (nSPS) is 10.9. The van der Waals surface area contributed by atoms with Gasteiger partial charge in [-0.05, 0) is 47.9 Å². The van der Waals surface area contributed by atoms with E-state index in [4.69, 9.17) is 11.6 Å². The molecule has 0 unspecified atom stereocenters. The van der Waals surface area contributed by atoms with Crippen LogP contribution in [-0.4, -0.2) is 16.0 Å². The monoisotopic (exact) mass is 302 g/mol. The number of hydrogen-bond acceptors (Lipinski definition) is 3. The lowest BCUT2D eigenvalue weighted by molar-refractivity contribution is -0.114. The quantitative estimate of drug-likeness (QED) is 0.649. The minimum Gasteiger partial charge on any atom is -0.504 e. The second-order valence-electron chi connectivity index (χ2n) is 4.68. The van der Waals surface area contributed by atoms with E-state index in [1.54, 1.807) is 18.2 Å². The molecular weight excluding hydrogens is 288 g/mol. The van der Waals surface area contributed by atoms with Crippen molar-refractivity contribution in [1.29, 1.82) is 0 Å². The largest absolute Gasteiger partial charge is 0.504 e. The molecule has 108 valence electrons. The number of benzene rings is 2. The van der Waals surface area contributed by atoms with E-state index >= 15 is 0 Å². The van der Waals surface area contributed by atoms with Gasteiger partial charge in [-0.2, -0.15) is 0 Å². The molecule has 0 spiro atoms. The number of halogens is 1. The molecule has 0 aromatic heterocycles. The van der Waals surface area contributed by atoms with Gasteiger partial charge < -0.3 is 10.2 Å². The molecule has 0 bridgehead atoms. The van der Waals surface area contributed by atoms with Crippen LogP contribution in [0.15, 0.2) is 48.5 Å². The highest BCUT2D eigenvalue weighted by Gasteiger charge is 2.01. The molecule has 0 saturated heterocycles. The van der Waals surface area contributed by atoms with Gasteiger partial charge in [-0.25, -0.2) is 0 Å². The van der Waals surface area contributed by atoms with Crippen molar-refractivity contribution >= 4 is 23.5 Å². The SMILES string of the molecule is O=C(/C=C/c1ccc(O)c(O)c1)CCc1cccc(Cl)c1. The van der Waals surface area contributed by atoms with Crippen molar-refractivity contribution in [2.24, 2.45) is 0 Å². The molecule has 2 aromatic carbocycles. The zero-order valence-electron chi connectivity index (χ0n) is 11.3. The first-order valence-corrected chi connectivity index (χ1v) is 6.90. The summed E-state index contributed by atoms with van der Waals surface area (Å²) in [7, 11) is 0.